The van der Waals surface area contributed by atoms with Gasteiger partial charge in [0.1, 0.15) is 17.6 Å². The van der Waals surface area contributed by atoms with Crippen LogP contribution in [0.15, 0.2) is 48.5 Å². The Morgan fingerprint density at radius 3 is 2.58 bits per heavy atom. The van der Waals surface area contributed by atoms with Crippen LogP contribution in [0.3, 0.4) is 0 Å². The molecule has 6 heteroatoms. The lowest BCUT2D eigenvalue weighted by Gasteiger charge is -2.23. The molecule has 2 N–H and O–H groups in total. The third kappa shape index (κ3) is 3.86. The van der Waals surface area contributed by atoms with Gasteiger partial charge >= 0.3 is 0 Å². The van der Waals surface area contributed by atoms with E-state index in [1.807, 2.05) is 38.4 Å². The van der Waals surface area contributed by atoms with Gasteiger partial charge < -0.3 is 15.0 Å². The number of hydrogen-bond donors (Lipinski definition) is 2. The van der Waals surface area contributed by atoms with Crippen molar-refractivity contribution in [2.45, 2.75) is 12.6 Å². The number of H-pyrrole nitrogens is 1. The SMILES string of the molecule is COc1ccc2[nH]c(CNC(=O)C(c3ccc(F)cc3)N(C)C)cc2c1. The Kier molecular flexibility index (Phi) is 5.23. The number of likely N-dealkylation sites (N-methyl/N-ethyl adjacent to an activating group) is 1. The molecule has 1 amide bonds. The van der Waals surface area contributed by atoms with Crippen molar-refractivity contribution in [1.82, 2.24) is 15.2 Å². The van der Waals surface area contributed by atoms with Crippen molar-refractivity contribution in [3.63, 3.8) is 0 Å². The third-order valence-electron chi connectivity index (χ3n) is 4.29. The zero-order valence-electron chi connectivity index (χ0n) is 15.0. The highest BCUT2D eigenvalue weighted by Crippen LogP contribution is 2.22. The minimum Gasteiger partial charge on any atom is -0.497 e. The van der Waals surface area contributed by atoms with Gasteiger partial charge in [-0.05, 0) is 56.1 Å². The summed E-state index contributed by atoms with van der Waals surface area (Å²) in [5, 5.41) is 3.97. The number of aromatic amines is 1. The maximum absolute atomic E-state index is 13.1. The lowest BCUT2D eigenvalue weighted by Crippen LogP contribution is -2.36. The van der Waals surface area contributed by atoms with Crippen molar-refractivity contribution in [3.8, 4) is 5.75 Å². The molecule has 1 aromatic heterocycles. The van der Waals surface area contributed by atoms with Crippen molar-refractivity contribution >= 4 is 16.8 Å². The van der Waals surface area contributed by atoms with Crippen LogP contribution >= 0.6 is 0 Å². The number of carbonyl (C=O) groups is 1. The molecule has 1 unspecified atom stereocenters. The van der Waals surface area contributed by atoms with E-state index >= 15 is 0 Å². The molecule has 5 nitrogen and oxygen atoms in total. The zero-order valence-corrected chi connectivity index (χ0v) is 15.0. The van der Waals surface area contributed by atoms with Crippen LogP contribution in [-0.2, 0) is 11.3 Å². The molecule has 0 saturated heterocycles. The van der Waals surface area contributed by atoms with Gasteiger partial charge in [-0.25, -0.2) is 4.39 Å². The number of nitrogens with zero attached hydrogens (tertiary/aromatic N) is 1. The number of hydrogen-bond acceptors (Lipinski definition) is 3. The lowest BCUT2D eigenvalue weighted by molar-refractivity contribution is -0.126. The van der Waals surface area contributed by atoms with E-state index < -0.39 is 6.04 Å². The summed E-state index contributed by atoms with van der Waals surface area (Å²) in [7, 11) is 5.28. The van der Waals surface area contributed by atoms with Crippen LogP contribution in [0.5, 0.6) is 5.75 Å². The van der Waals surface area contributed by atoms with Gasteiger partial charge in [-0.2, -0.15) is 0 Å². The summed E-state index contributed by atoms with van der Waals surface area (Å²) >= 11 is 0. The molecular weight excluding hydrogens is 333 g/mol. The maximum atomic E-state index is 13.1. The largest absolute Gasteiger partial charge is 0.497 e. The summed E-state index contributed by atoms with van der Waals surface area (Å²) < 4.78 is 18.4. The molecule has 136 valence electrons. The average Bonchev–Trinajstić information content (AvgIpc) is 3.03. The number of aromatic nitrogens is 1. The summed E-state index contributed by atoms with van der Waals surface area (Å²) in [6.45, 7) is 0.376. The van der Waals surface area contributed by atoms with Crippen molar-refractivity contribution < 1.29 is 13.9 Å². The van der Waals surface area contributed by atoms with E-state index in [1.165, 1.54) is 12.1 Å². The molecule has 26 heavy (non-hydrogen) atoms. The Hall–Kier alpha value is -2.86. The number of benzene rings is 2. The summed E-state index contributed by atoms with van der Waals surface area (Å²) in [6.07, 6.45) is 0. The Labute approximate surface area is 151 Å². The van der Waals surface area contributed by atoms with Crippen LogP contribution in [0.2, 0.25) is 0 Å². The topological polar surface area (TPSA) is 57.4 Å². The van der Waals surface area contributed by atoms with Gasteiger partial charge in [-0.3, -0.25) is 9.69 Å². The molecule has 0 bridgehead atoms. The highest BCUT2D eigenvalue weighted by atomic mass is 19.1. The lowest BCUT2D eigenvalue weighted by atomic mass is 10.1. The van der Waals surface area contributed by atoms with Crippen LogP contribution in [0, 0.1) is 5.82 Å². The monoisotopic (exact) mass is 355 g/mol. The number of methoxy groups -OCH3 is 1. The van der Waals surface area contributed by atoms with Crippen LogP contribution in [0.4, 0.5) is 4.39 Å². The van der Waals surface area contributed by atoms with Crippen molar-refractivity contribution in [2.75, 3.05) is 21.2 Å². The zero-order chi connectivity index (χ0) is 18.7. The van der Waals surface area contributed by atoms with Gasteiger partial charge in [0, 0.05) is 16.6 Å². The number of ether oxygens (including phenoxy) is 1. The molecular formula is C20H22FN3O2. The normalized spacial score (nSPS) is 12.3. The summed E-state index contributed by atoms with van der Waals surface area (Å²) in [6, 6.07) is 13.3. The van der Waals surface area contributed by atoms with Crippen LogP contribution in [-0.4, -0.2) is 37.0 Å². The van der Waals surface area contributed by atoms with Gasteiger partial charge in [0.2, 0.25) is 5.91 Å². The molecule has 2 aromatic carbocycles. The van der Waals surface area contributed by atoms with Gasteiger partial charge in [0.05, 0.1) is 13.7 Å². The molecule has 0 spiro atoms. The number of nitrogens with one attached hydrogen (secondary N) is 2. The number of fused-ring (bicyclic) bond motifs is 1. The smallest absolute Gasteiger partial charge is 0.242 e. The molecule has 0 aliphatic carbocycles. The molecule has 0 aliphatic rings. The van der Waals surface area contributed by atoms with E-state index in [0.717, 1.165) is 27.9 Å². The molecule has 1 heterocycles. The first-order chi connectivity index (χ1) is 12.5. The fourth-order valence-corrected chi connectivity index (χ4v) is 3.00. The summed E-state index contributed by atoms with van der Waals surface area (Å²) in [4.78, 5) is 17.8. The molecule has 0 fully saturated rings. The molecule has 3 aromatic rings. The van der Waals surface area contributed by atoms with Gasteiger partial charge in [0.25, 0.3) is 0 Å². The number of carbonyl (C=O) groups excluding carboxylic acids is 1. The van der Waals surface area contributed by atoms with E-state index in [9.17, 15) is 9.18 Å². The second-order valence-corrected chi connectivity index (χ2v) is 6.38. The van der Waals surface area contributed by atoms with E-state index in [1.54, 1.807) is 24.1 Å². The first-order valence-corrected chi connectivity index (χ1v) is 8.33. The molecule has 0 aliphatic heterocycles. The first-order valence-electron chi connectivity index (χ1n) is 8.33. The van der Waals surface area contributed by atoms with Crippen molar-refractivity contribution in [2.24, 2.45) is 0 Å². The quantitative estimate of drug-likeness (QED) is 0.714. The van der Waals surface area contributed by atoms with E-state index in [0.29, 0.717) is 6.54 Å². The van der Waals surface area contributed by atoms with Crippen molar-refractivity contribution in [3.05, 3.63) is 65.6 Å². The number of amides is 1. The molecule has 3 rings (SSSR count). The minimum absolute atomic E-state index is 0.141. The third-order valence-corrected chi connectivity index (χ3v) is 4.29. The van der Waals surface area contributed by atoms with Gasteiger partial charge in [0.15, 0.2) is 0 Å². The van der Waals surface area contributed by atoms with Crippen LogP contribution in [0.25, 0.3) is 10.9 Å². The summed E-state index contributed by atoms with van der Waals surface area (Å²) in [5.41, 5.74) is 2.63. The van der Waals surface area contributed by atoms with E-state index in [-0.39, 0.29) is 11.7 Å². The second kappa shape index (κ2) is 7.58. The molecule has 1 atom stereocenters. The van der Waals surface area contributed by atoms with E-state index in [4.69, 9.17) is 4.74 Å². The average molecular weight is 355 g/mol. The Morgan fingerprint density at radius 2 is 1.92 bits per heavy atom. The fourth-order valence-electron chi connectivity index (χ4n) is 3.00. The molecule has 0 saturated carbocycles. The summed E-state index contributed by atoms with van der Waals surface area (Å²) in [5.74, 6) is 0.328. The van der Waals surface area contributed by atoms with E-state index in [2.05, 4.69) is 10.3 Å². The number of halogens is 1. The Morgan fingerprint density at radius 1 is 1.19 bits per heavy atom. The Bertz CT molecular complexity index is 903. The van der Waals surface area contributed by atoms with Crippen LogP contribution < -0.4 is 10.1 Å². The van der Waals surface area contributed by atoms with Crippen LogP contribution in [0.1, 0.15) is 17.3 Å². The standard InChI is InChI=1S/C20H22FN3O2/c1-24(2)19(13-4-6-15(21)7-5-13)20(25)22-12-16-10-14-11-17(26-3)8-9-18(14)23-16/h4-11,19,23H,12H2,1-3H3,(H,22,25). The first kappa shape index (κ1) is 17.9. The minimum atomic E-state index is -0.486. The molecule has 0 radical (unpaired) electrons. The second-order valence-electron chi connectivity index (χ2n) is 6.38. The number of rotatable bonds is 6. The van der Waals surface area contributed by atoms with Crippen molar-refractivity contribution in [1.29, 1.82) is 0 Å². The van der Waals surface area contributed by atoms with Gasteiger partial charge in [-0.1, -0.05) is 12.1 Å². The maximum Gasteiger partial charge on any atom is 0.242 e. The highest BCUT2D eigenvalue weighted by Gasteiger charge is 2.22. The van der Waals surface area contributed by atoms with Gasteiger partial charge in [-0.15, -0.1) is 0 Å². The highest BCUT2D eigenvalue weighted by molar-refractivity contribution is 5.84. The predicted molar refractivity (Wildman–Crippen MR) is 99.5 cm³/mol. The predicted octanol–water partition coefficient (Wildman–Crippen LogP) is 3.23. The Balaban J connectivity index is 1.72. The fraction of sp³-hybridized carbons (Fsp3) is 0.250.